The predicted octanol–water partition coefficient (Wildman–Crippen LogP) is 2.74. The molecule has 2 heterocycles. The highest BCUT2D eigenvalue weighted by Gasteiger charge is 2.11. The summed E-state index contributed by atoms with van der Waals surface area (Å²) < 4.78 is 5.32. The highest BCUT2D eigenvalue weighted by molar-refractivity contribution is 5.02. The number of hydrogen-bond acceptors (Lipinski definition) is 4. The molecular weight excluding hydrogens is 226 g/mol. The van der Waals surface area contributed by atoms with Crippen molar-refractivity contribution in [3.05, 3.63) is 48.4 Å². The molecule has 0 aliphatic rings. The lowest BCUT2D eigenvalue weighted by molar-refractivity contribution is 0.426. The fourth-order valence-electron chi connectivity index (χ4n) is 1.94. The molecule has 0 saturated carbocycles. The van der Waals surface area contributed by atoms with E-state index < -0.39 is 0 Å². The quantitative estimate of drug-likeness (QED) is 0.850. The Morgan fingerprint density at radius 1 is 1.33 bits per heavy atom. The largest absolute Gasteiger partial charge is 0.469 e. The number of furan rings is 1. The molecule has 2 atom stereocenters. The van der Waals surface area contributed by atoms with Gasteiger partial charge < -0.3 is 9.73 Å². The highest BCUT2D eigenvalue weighted by Crippen LogP contribution is 2.11. The molecule has 2 unspecified atom stereocenters. The van der Waals surface area contributed by atoms with Crippen molar-refractivity contribution < 1.29 is 4.42 Å². The van der Waals surface area contributed by atoms with Crippen LogP contribution in [0.2, 0.25) is 0 Å². The van der Waals surface area contributed by atoms with Gasteiger partial charge in [0.05, 0.1) is 12.0 Å². The van der Waals surface area contributed by atoms with Crippen molar-refractivity contribution in [3.63, 3.8) is 0 Å². The molecule has 0 saturated heterocycles. The molecule has 0 aliphatic heterocycles. The molecule has 4 heteroatoms. The molecule has 18 heavy (non-hydrogen) atoms. The second-order valence-corrected chi connectivity index (χ2v) is 4.54. The molecule has 0 aromatic carbocycles. The zero-order valence-corrected chi connectivity index (χ0v) is 10.8. The average molecular weight is 245 g/mol. The van der Waals surface area contributed by atoms with Crippen LogP contribution in [0.25, 0.3) is 0 Å². The van der Waals surface area contributed by atoms with Crippen molar-refractivity contribution in [1.82, 2.24) is 15.3 Å². The van der Waals surface area contributed by atoms with Crippen molar-refractivity contribution in [3.8, 4) is 0 Å². The molecule has 0 amide bonds. The van der Waals surface area contributed by atoms with E-state index in [4.69, 9.17) is 4.42 Å². The Bertz CT molecular complexity index is 441. The monoisotopic (exact) mass is 245 g/mol. The minimum atomic E-state index is 0.213. The summed E-state index contributed by atoms with van der Waals surface area (Å²) >= 11 is 0. The minimum Gasteiger partial charge on any atom is -0.469 e. The number of aromatic nitrogens is 2. The van der Waals surface area contributed by atoms with Gasteiger partial charge in [-0.2, -0.15) is 0 Å². The fourth-order valence-corrected chi connectivity index (χ4v) is 1.94. The van der Waals surface area contributed by atoms with E-state index in [1.54, 1.807) is 24.9 Å². The van der Waals surface area contributed by atoms with Gasteiger partial charge in [0.2, 0.25) is 0 Å². The van der Waals surface area contributed by atoms with Gasteiger partial charge >= 0.3 is 0 Å². The Labute approximate surface area is 107 Å². The molecule has 4 nitrogen and oxygen atoms in total. The van der Waals surface area contributed by atoms with E-state index in [1.165, 1.54) is 0 Å². The van der Waals surface area contributed by atoms with Gasteiger partial charge in [0.1, 0.15) is 5.76 Å². The zero-order valence-electron chi connectivity index (χ0n) is 10.8. The molecule has 2 aromatic rings. The van der Waals surface area contributed by atoms with E-state index >= 15 is 0 Å². The summed E-state index contributed by atoms with van der Waals surface area (Å²) in [7, 11) is 0. The van der Waals surface area contributed by atoms with E-state index in [9.17, 15) is 0 Å². The zero-order chi connectivity index (χ0) is 12.8. The number of nitrogens with one attached hydrogen (secondary N) is 1. The summed E-state index contributed by atoms with van der Waals surface area (Å²) in [4.78, 5) is 8.38. The Hall–Kier alpha value is -1.68. The molecule has 2 aromatic heterocycles. The minimum absolute atomic E-state index is 0.213. The predicted molar refractivity (Wildman–Crippen MR) is 70.1 cm³/mol. The Morgan fingerprint density at radius 2 is 2.22 bits per heavy atom. The second-order valence-electron chi connectivity index (χ2n) is 4.54. The molecule has 2 rings (SSSR count). The molecule has 0 aliphatic carbocycles. The van der Waals surface area contributed by atoms with Gasteiger partial charge in [-0.3, -0.25) is 9.97 Å². The van der Waals surface area contributed by atoms with E-state index in [-0.39, 0.29) is 6.04 Å². The smallest absolute Gasteiger partial charge is 0.103 e. The van der Waals surface area contributed by atoms with Crippen LogP contribution in [0.15, 0.2) is 41.4 Å². The summed E-state index contributed by atoms with van der Waals surface area (Å²) in [5.41, 5.74) is 0.974. The Balaban J connectivity index is 1.78. The van der Waals surface area contributed by atoms with Gasteiger partial charge in [0.25, 0.3) is 0 Å². The van der Waals surface area contributed by atoms with E-state index in [2.05, 4.69) is 29.1 Å². The number of hydrogen-bond donors (Lipinski definition) is 1. The molecule has 0 bridgehead atoms. The van der Waals surface area contributed by atoms with Crippen LogP contribution < -0.4 is 5.32 Å². The summed E-state index contributed by atoms with van der Waals surface area (Å²) in [6.07, 6.45) is 8.93. The van der Waals surface area contributed by atoms with E-state index in [0.29, 0.717) is 6.04 Å². The normalized spacial score (nSPS) is 14.3. The van der Waals surface area contributed by atoms with Crippen molar-refractivity contribution in [2.75, 3.05) is 0 Å². The van der Waals surface area contributed by atoms with Gasteiger partial charge in [-0.1, -0.05) is 0 Å². The molecule has 0 radical (unpaired) electrons. The Kier molecular flexibility index (Phi) is 4.47. The lowest BCUT2D eigenvalue weighted by Crippen LogP contribution is -2.29. The van der Waals surface area contributed by atoms with Crippen LogP contribution in [0.1, 0.15) is 37.8 Å². The van der Waals surface area contributed by atoms with Crippen molar-refractivity contribution in [2.24, 2.45) is 0 Å². The van der Waals surface area contributed by atoms with Crippen LogP contribution in [0.3, 0.4) is 0 Å². The number of aryl methyl sites for hydroxylation is 1. The summed E-state index contributed by atoms with van der Waals surface area (Å²) in [6, 6.07) is 4.56. The third-order valence-electron chi connectivity index (χ3n) is 2.97. The van der Waals surface area contributed by atoms with Crippen LogP contribution in [-0.2, 0) is 6.42 Å². The third-order valence-corrected chi connectivity index (χ3v) is 2.97. The van der Waals surface area contributed by atoms with Crippen LogP contribution >= 0.6 is 0 Å². The van der Waals surface area contributed by atoms with E-state index in [0.717, 1.165) is 24.3 Å². The highest BCUT2D eigenvalue weighted by atomic mass is 16.3. The van der Waals surface area contributed by atoms with Crippen molar-refractivity contribution in [1.29, 1.82) is 0 Å². The van der Waals surface area contributed by atoms with Gasteiger partial charge in [-0.15, -0.1) is 0 Å². The maximum absolute atomic E-state index is 5.32. The first-order chi connectivity index (χ1) is 8.75. The number of nitrogens with zero attached hydrogens (tertiary/aromatic N) is 2. The van der Waals surface area contributed by atoms with Crippen LogP contribution in [0.4, 0.5) is 0 Å². The summed E-state index contributed by atoms with van der Waals surface area (Å²) in [6.45, 7) is 4.28. The first kappa shape index (κ1) is 12.8. The maximum atomic E-state index is 5.32. The standard InChI is InChI=1S/C14H19N3O/c1-11(5-6-13-4-3-9-18-13)17-12(2)14-10-15-7-8-16-14/h3-4,7-12,17H,5-6H2,1-2H3. The Morgan fingerprint density at radius 3 is 2.89 bits per heavy atom. The van der Waals surface area contributed by atoms with Gasteiger partial charge in [0, 0.05) is 37.1 Å². The number of rotatable bonds is 6. The maximum Gasteiger partial charge on any atom is 0.103 e. The van der Waals surface area contributed by atoms with Crippen molar-refractivity contribution >= 4 is 0 Å². The molecule has 0 spiro atoms. The second kappa shape index (κ2) is 6.31. The molecule has 96 valence electrons. The molecular formula is C14H19N3O. The van der Waals surface area contributed by atoms with E-state index in [1.807, 2.05) is 12.1 Å². The third kappa shape index (κ3) is 3.67. The van der Waals surface area contributed by atoms with Crippen LogP contribution in [0.5, 0.6) is 0 Å². The lowest BCUT2D eigenvalue weighted by atomic mass is 10.1. The molecule has 0 fully saturated rings. The van der Waals surface area contributed by atoms with Crippen LogP contribution in [0, 0.1) is 0 Å². The summed E-state index contributed by atoms with van der Waals surface area (Å²) in [5.74, 6) is 1.04. The van der Waals surface area contributed by atoms with Gasteiger partial charge in [0.15, 0.2) is 0 Å². The topological polar surface area (TPSA) is 51.0 Å². The average Bonchev–Trinajstić information content (AvgIpc) is 2.90. The first-order valence-corrected chi connectivity index (χ1v) is 6.30. The fraction of sp³-hybridized carbons (Fsp3) is 0.429. The van der Waals surface area contributed by atoms with Crippen molar-refractivity contribution in [2.45, 2.75) is 38.8 Å². The lowest BCUT2D eigenvalue weighted by Gasteiger charge is -2.18. The summed E-state index contributed by atoms with van der Waals surface area (Å²) in [5, 5.41) is 3.51. The van der Waals surface area contributed by atoms with Gasteiger partial charge in [-0.25, -0.2) is 0 Å². The SMILES string of the molecule is CC(CCc1ccco1)NC(C)c1cnccn1. The van der Waals surface area contributed by atoms with Crippen LogP contribution in [-0.4, -0.2) is 16.0 Å². The first-order valence-electron chi connectivity index (χ1n) is 6.30. The van der Waals surface area contributed by atoms with Gasteiger partial charge in [-0.05, 0) is 32.4 Å². The molecule has 1 N–H and O–H groups in total.